The van der Waals surface area contributed by atoms with Crippen LogP contribution in [0.4, 0.5) is 13.2 Å². The van der Waals surface area contributed by atoms with E-state index in [9.17, 15) is 13.2 Å². The van der Waals surface area contributed by atoms with E-state index in [1.54, 1.807) is 0 Å². The number of hydrogen-bond donors (Lipinski definition) is 1. The fourth-order valence-corrected chi connectivity index (χ4v) is 1.24. The molecular weight excluding hydrogens is 282 g/mol. The van der Waals surface area contributed by atoms with Crippen molar-refractivity contribution in [1.29, 1.82) is 0 Å². The summed E-state index contributed by atoms with van der Waals surface area (Å²) in [7, 11) is 0. The number of hydrogen-bond acceptors (Lipinski definition) is 1. The van der Waals surface area contributed by atoms with E-state index in [1.807, 2.05) is 0 Å². The molecule has 0 saturated carbocycles. The Labute approximate surface area is 94.0 Å². The highest BCUT2D eigenvalue weighted by Gasteiger charge is 2.20. The molecule has 0 aliphatic heterocycles. The molecule has 0 bridgehead atoms. The van der Waals surface area contributed by atoms with Gasteiger partial charge in [0.2, 0.25) is 0 Å². The minimum absolute atomic E-state index is 0. The molecule has 0 aliphatic rings. The van der Waals surface area contributed by atoms with Gasteiger partial charge in [0.25, 0.3) is 6.43 Å². The van der Waals surface area contributed by atoms with Crippen molar-refractivity contribution in [3.63, 3.8) is 0 Å². The first-order valence-corrected chi connectivity index (χ1v) is 4.30. The second kappa shape index (κ2) is 5.58. The highest BCUT2D eigenvalue weighted by molar-refractivity contribution is 9.10. The van der Waals surface area contributed by atoms with Crippen LogP contribution in [0, 0.1) is 5.82 Å². The Bertz CT molecular complexity index is 309. The van der Waals surface area contributed by atoms with Gasteiger partial charge in [-0.05, 0) is 12.1 Å². The average Bonchev–Trinajstić information content (AvgIpc) is 2.03. The maximum absolute atomic E-state index is 13.0. The van der Waals surface area contributed by atoms with Gasteiger partial charge >= 0.3 is 0 Å². The van der Waals surface area contributed by atoms with E-state index < -0.39 is 18.3 Å². The van der Waals surface area contributed by atoms with Gasteiger partial charge in [-0.25, -0.2) is 13.2 Å². The normalized spacial score (nSPS) is 12.4. The summed E-state index contributed by atoms with van der Waals surface area (Å²) in [5.41, 5.74) is 4.92. The van der Waals surface area contributed by atoms with E-state index in [0.29, 0.717) is 4.47 Å². The molecular formula is C8H8BrClF3N. The molecule has 14 heavy (non-hydrogen) atoms. The van der Waals surface area contributed by atoms with Crippen molar-refractivity contribution in [1.82, 2.24) is 0 Å². The summed E-state index contributed by atoms with van der Waals surface area (Å²) in [6.45, 7) is 0. The molecule has 2 N–H and O–H groups in total. The van der Waals surface area contributed by atoms with Crippen LogP contribution in [0.1, 0.15) is 11.6 Å². The number of alkyl halides is 2. The van der Waals surface area contributed by atoms with E-state index in [0.717, 1.165) is 6.07 Å². The van der Waals surface area contributed by atoms with Crippen molar-refractivity contribution >= 4 is 28.3 Å². The summed E-state index contributed by atoms with van der Waals surface area (Å²) >= 11 is 3.01. The number of halogens is 5. The summed E-state index contributed by atoms with van der Waals surface area (Å²) < 4.78 is 37.7. The molecule has 0 aromatic heterocycles. The molecule has 6 heteroatoms. The van der Waals surface area contributed by atoms with Crippen molar-refractivity contribution in [3.05, 3.63) is 34.1 Å². The van der Waals surface area contributed by atoms with E-state index in [2.05, 4.69) is 15.9 Å². The first-order valence-electron chi connectivity index (χ1n) is 3.51. The smallest absolute Gasteiger partial charge is 0.257 e. The largest absolute Gasteiger partial charge is 0.319 e. The molecule has 1 atom stereocenters. The molecule has 0 saturated heterocycles. The highest BCUT2D eigenvalue weighted by Crippen LogP contribution is 2.23. The lowest BCUT2D eigenvalue weighted by atomic mass is 10.1. The number of rotatable bonds is 2. The maximum Gasteiger partial charge on any atom is 0.257 e. The minimum Gasteiger partial charge on any atom is -0.319 e. The summed E-state index contributed by atoms with van der Waals surface area (Å²) in [4.78, 5) is 0. The lowest BCUT2D eigenvalue weighted by Crippen LogP contribution is -2.20. The quantitative estimate of drug-likeness (QED) is 0.889. The van der Waals surface area contributed by atoms with Gasteiger partial charge in [-0.2, -0.15) is 0 Å². The Morgan fingerprint density at radius 3 is 2.29 bits per heavy atom. The lowest BCUT2D eigenvalue weighted by Gasteiger charge is -2.11. The Morgan fingerprint density at radius 1 is 1.29 bits per heavy atom. The van der Waals surface area contributed by atoms with Crippen molar-refractivity contribution in [2.24, 2.45) is 5.73 Å². The van der Waals surface area contributed by atoms with E-state index in [-0.39, 0.29) is 18.0 Å². The van der Waals surface area contributed by atoms with Gasteiger partial charge in [-0.1, -0.05) is 22.0 Å². The molecule has 1 aromatic rings. The van der Waals surface area contributed by atoms with Gasteiger partial charge in [0.15, 0.2) is 0 Å². The molecule has 0 radical (unpaired) electrons. The lowest BCUT2D eigenvalue weighted by molar-refractivity contribution is 0.115. The molecule has 0 fully saturated rings. The van der Waals surface area contributed by atoms with Crippen LogP contribution in [-0.4, -0.2) is 6.43 Å². The van der Waals surface area contributed by atoms with Crippen molar-refractivity contribution in [2.75, 3.05) is 0 Å². The minimum atomic E-state index is -2.75. The maximum atomic E-state index is 13.0. The van der Waals surface area contributed by atoms with Gasteiger partial charge < -0.3 is 5.73 Å². The Kier molecular flexibility index (Phi) is 5.48. The highest BCUT2D eigenvalue weighted by atomic mass is 79.9. The molecule has 1 rings (SSSR count). The van der Waals surface area contributed by atoms with Crippen LogP contribution in [0.5, 0.6) is 0 Å². The Morgan fingerprint density at radius 2 is 1.86 bits per heavy atom. The molecule has 0 amide bonds. The van der Waals surface area contributed by atoms with Crippen LogP contribution < -0.4 is 5.73 Å². The van der Waals surface area contributed by atoms with Gasteiger partial charge in [0, 0.05) is 10.0 Å². The van der Waals surface area contributed by atoms with Gasteiger partial charge in [0.1, 0.15) is 5.82 Å². The van der Waals surface area contributed by atoms with Crippen LogP contribution in [0.3, 0.4) is 0 Å². The predicted octanol–water partition coefficient (Wildman–Crippen LogP) is 3.27. The Balaban J connectivity index is 0.00000169. The SMILES string of the molecule is Cl.N[C@@H](c1ccc(Br)cc1F)C(F)F. The second-order valence-electron chi connectivity index (χ2n) is 2.53. The topological polar surface area (TPSA) is 26.0 Å². The zero-order valence-corrected chi connectivity index (χ0v) is 9.29. The first-order chi connectivity index (χ1) is 6.02. The van der Waals surface area contributed by atoms with Crippen molar-refractivity contribution < 1.29 is 13.2 Å². The molecule has 0 aliphatic carbocycles. The van der Waals surface area contributed by atoms with Crippen LogP contribution in [0.15, 0.2) is 22.7 Å². The first kappa shape index (κ1) is 13.7. The summed E-state index contributed by atoms with van der Waals surface area (Å²) in [6, 6.07) is 2.27. The van der Waals surface area contributed by atoms with E-state index in [4.69, 9.17) is 5.73 Å². The van der Waals surface area contributed by atoms with Crippen LogP contribution in [-0.2, 0) is 0 Å². The summed E-state index contributed by atoms with van der Waals surface area (Å²) in [6.07, 6.45) is -2.75. The standard InChI is InChI=1S/C8H7BrF3N.ClH/c9-4-1-2-5(6(10)3-4)7(13)8(11)12;/h1-3,7-8H,13H2;1H/t7-;/m0./s1. The number of nitrogens with two attached hydrogens (primary N) is 1. The molecule has 0 spiro atoms. The number of benzene rings is 1. The van der Waals surface area contributed by atoms with Gasteiger partial charge in [0.05, 0.1) is 6.04 Å². The fourth-order valence-electron chi connectivity index (χ4n) is 0.908. The Hall–Kier alpha value is -0.260. The summed E-state index contributed by atoms with van der Waals surface area (Å²) in [5.74, 6) is -0.720. The molecule has 0 heterocycles. The molecule has 0 unspecified atom stereocenters. The monoisotopic (exact) mass is 289 g/mol. The second-order valence-corrected chi connectivity index (χ2v) is 3.44. The third-order valence-electron chi connectivity index (χ3n) is 1.59. The third kappa shape index (κ3) is 3.15. The van der Waals surface area contributed by atoms with Gasteiger partial charge in [-0.15, -0.1) is 12.4 Å². The van der Waals surface area contributed by atoms with E-state index in [1.165, 1.54) is 12.1 Å². The zero-order valence-electron chi connectivity index (χ0n) is 6.88. The van der Waals surface area contributed by atoms with Crippen molar-refractivity contribution in [3.8, 4) is 0 Å². The molecule has 1 aromatic carbocycles. The molecule has 80 valence electrons. The van der Waals surface area contributed by atoms with Gasteiger partial charge in [-0.3, -0.25) is 0 Å². The predicted molar refractivity (Wildman–Crippen MR) is 54.3 cm³/mol. The van der Waals surface area contributed by atoms with Crippen LogP contribution in [0.2, 0.25) is 0 Å². The average molecular weight is 291 g/mol. The van der Waals surface area contributed by atoms with Crippen LogP contribution >= 0.6 is 28.3 Å². The summed E-state index contributed by atoms with van der Waals surface area (Å²) in [5, 5.41) is 0. The third-order valence-corrected chi connectivity index (χ3v) is 2.09. The van der Waals surface area contributed by atoms with Crippen LogP contribution in [0.25, 0.3) is 0 Å². The zero-order chi connectivity index (χ0) is 10.0. The van der Waals surface area contributed by atoms with E-state index >= 15 is 0 Å². The molecule has 1 nitrogen and oxygen atoms in total. The fraction of sp³-hybridized carbons (Fsp3) is 0.250. The van der Waals surface area contributed by atoms with Crippen molar-refractivity contribution in [2.45, 2.75) is 12.5 Å².